The predicted octanol–water partition coefficient (Wildman–Crippen LogP) is 3.70. The molecule has 0 bridgehead atoms. The maximum atomic E-state index is 12.2. The standard InChI is InChI=1S/C17H20N2O/c1-4-13-5-7-14(8-6-13)17(20)19-16-10-11(2)15(18)9-12(16)3/h5-10H,4,18H2,1-3H3,(H,19,20). The van der Waals surface area contributed by atoms with Crippen molar-refractivity contribution in [3.63, 3.8) is 0 Å². The molecule has 3 N–H and O–H groups in total. The number of aryl methyl sites for hydroxylation is 3. The number of carbonyl (C=O) groups excluding carboxylic acids is 1. The molecule has 3 heteroatoms. The van der Waals surface area contributed by atoms with Gasteiger partial charge in [-0.1, -0.05) is 19.1 Å². The van der Waals surface area contributed by atoms with Gasteiger partial charge in [0.25, 0.3) is 5.91 Å². The maximum Gasteiger partial charge on any atom is 0.255 e. The van der Waals surface area contributed by atoms with Gasteiger partial charge in [-0.25, -0.2) is 0 Å². The second-order valence-corrected chi connectivity index (χ2v) is 5.03. The van der Waals surface area contributed by atoms with Gasteiger partial charge >= 0.3 is 0 Å². The lowest BCUT2D eigenvalue weighted by atomic mass is 10.1. The van der Waals surface area contributed by atoms with E-state index in [0.29, 0.717) is 5.56 Å². The number of nitrogens with two attached hydrogens (primary N) is 1. The van der Waals surface area contributed by atoms with Crippen LogP contribution in [0.3, 0.4) is 0 Å². The Hall–Kier alpha value is -2.29. The molecule has 1 amide bonds. The van der Waals surface area contributed by atoms with Gasteiger partial charge in [-0.2, -0.15) is 0 Å². The summed E-state index contributed by atoms with van der Waals surface area (Å²) < 4.78 is 0. The van der Waals surface area contributed by atoms with Gasteiger partial charge in [0.1, 0.15) is 0 Å². The number of benzene rings is 2. The summed E-state index contributed by atoms with van der Waals surface area (Å²) in [5.41, 5.74) is 11.2. The first kappa shape index (κ1) is 14.1. The van der Waals surface area contributed by atoms with Gasteiger partial charge in [-0.05, 0) is 61.2 Å². The monoisotopic (exact) mass is 268 g/mol. The summed E-state index contributed by atoms with van der Waals surface area (Å²) in [6.07, 6.45) is 0.970. The molecule has 104 valence electrons. The number of nitrogen functional groups attached to an aromatic ring is 1. The molecule has 0 aliphatic rings. The zero-order valence-corrected chi connectivity index (χ0v) is 12.2. The molecule has 3 nitrogen and oxygen atoms in total. The van der Waals surface area contributed by atoms with Crippen molar-refractivity contribution in [2.75, 3.05) is 11.1 Å². The van der Waals surface area contributed by atoms with Gasteiger partial charge in [-0.3, -0.25) is 4.79 Å². The highest BCUT2D eigenvalue weighted by Gasteiger charge is 2.09. The van der Waals surface area contributed by atoms with Crippen LogP contribution in [0.2, 0.25) is 0 Å². The van der Waals surface area contributed by atoms with E-state index in [-0.39, 0.29) is 5.91 Å². The lowest BCUT2D eigenvalue weighted by Crippen LogP contribution is -2.13. The van der Waals surface area contributed by atoms with Crippen LogP contribution >= 0.6 is 0 Å². The van der Waals surface area contributed by atoms with Crippen molar-refractivity contribution < 1.29 is 4.79 Å². The first-order valence-corrected chi connectivity index (χ1v) is 6.78. The number of nitrogens with one attached hydrogen (secondary N) is 1. The van der Waals surface area contributed by atoms with Crippen LogP contribution in [-0.4, -0.2) is 5.91 Å². The third kappa shape index (κ3) is 2.99. The summed E-state index contributed by atoms with van der Waals surface area (Å²) in [6, 6.07) is 11.5. The van der Waals surface area contributed by atoms with Crippen LogP contribution in [0.5, 0.6) is 0 Å². The highest BCUT2D eigenvalue weighted by atomic mass is 16.1. The van der Waals surface area contributed by atoms with Crippen LogP contribution in [0, 0.1) is 13.8 Å². The van der Waals surface area contributed by atoms with Gasteiger partial charge in [0, 0.05) is 16.9 Å². The molecule has 0 radical (unpaired) electrons. The quantitative estimate of drug-likeness (QED) is 0.834. The summed E-state index contributed by atoms with van der Waals surface area (Å²) >= 11 is 0. The van der Waals surface area contributed by atoms with Gasteiger partial charge in [-0.15, -0.1) is 0 Å². The third-order valence-electron chi connectivity index (χ3n) is 3.49. The highest BCUT2D eigenvalue weighted by Crippen LogP contribution is 2.22. The van der Waals surface area contributed by atoms with Crippen molar-refractivity contribution in [1.82, 2.24) is 0 Å². The smallest absolute Gasteiger partial charge is 0.255 e. The van der Waals surface area contributed by atoms with Crippen LogP contribution in [-0.2, 0) is 6.42 Å². The minimum Gasteiger partial charge on any atom is -0.399 e. The topological polar surface area (TPSA) is 55.1 Å². The summed E-state index contributed by atoms with van der Waals surface area (Å²) in [6.45, 7) is 5.96. The van der Waals surface area contributed by atoms with E-state index in [1.807, 2.05) is 50.2 Å². The molecule has 0 heterocycles. The number of carbonyl (C=O) groups is 1. The van der Waals surface area contributed by atoms with Crippen LogP contribution in [0.4, 0.5) is 11.4 Å². The fraction of sp³-hybridized carbons (Fsp3) is 0.235. The first-order valence-electron chi connectivity index (χ1n) is 6.78. The molecule has 0 spiro atoms. The molecule has 0 aliphatic carbocycles. The maximum absolute atomic E-state index is 12.2. The van der Waals surface area contributed by atoms with E-state index >= 15 is 0 Å². The fourth-order valence-electron chi connectivity index (χ4n) is 2.06. The Kier molecular flexibility index (Phi) is 4.08. The average molecular weight is 268 g/mol. The van der Waals surface area contributed by atoms with Gasteiger partial charge in [0.15, 0.2) is 0 Å². The molecular formula is C17H20N2O. The van der Waals surface area contributed by atoms with E-state index < -0.39 is 0 Å². The molecule has 0 unspecified atom stereocenters. The van der Waals surface area contributed by atoms with Crippen molar-refractivity contribution in [1.29, 1.82) is 0 Å². The zero-order chi connectivity index (χ0) is 14.7. The van der Waals surface area contributed by atoms with Crippen molar-refractivity contribution in [2.24, 2.45) is 0 Å². The predicted molar refractivity (Wildman–Crippen MR) is 84.1 cm³/mol. The number of rotatable bonds is 3. The van der Waals surface area contributed by atoms with E-state index in [0.717, 1.165) is 28.9 Å². The SMILES string of the molecule is CCc1ccc(C(=O)Nc2cc(C)c(N)cc2C)cc1. The molecule has 0 saturated carbocycles. The van der Waals surface area contributed by atoms with Crippen molar-refractivity contribution in [2.45, 2.75) is 27.2 Å². The normalized spacial score (nSPS) is 10.3. The number of hydrogen-bond donors (Lipinski definition) is 2. The Bertz CT molecular complexity index is 630. The van der Waals surface area contributed by atoms with Crippen molar-refractivity contribution in [3.8, 4) is 0 Å². The van der Waals surface area contributed by atoms with Gasteiger partial charge < -0.3 is 11.1 Å². The van der Waals surface area contributed by atoms with Crippen molar-refractivity contribution in [3.05, 3.63) is 58.7 Å². The van der Waals surface area contributed by atoms with E-state index in [9.17, 15) is 4.79 Å². The minimum atomic E-state index is -0.0973. The second-order valence-electron chi connectivity index (χ2n) is 5.03. The van der Waals surface area contributed by atoms with E-state index in [2.05, 4.69) is 12.2 Å². The summed E-state index contributed by atoms with van der Waals surface area (Å²) in [5, 5.41) is 2.94. The molecule has 2 aromatic rings. The summed E-state index contributed by atoms with van der Waals surface area (Å²) in [7, 11) is 0. The first-order chi connectivity index (χ1) is 9.51. The Morgan fingerprint density at radius 1 is 1.10 bits per heavy atom. The molecule has 2 aromatic carbocycles. The Morgan fingerprint density at radius 2 is 1.75 bits per heavy atom. The van der Waals surface area contributed by atoms with Gasteiger partial charge in [0.2, 0.25) is 0 Å². The lowest BCUT2D eigenvalue weighted by molar-refractivity contribution is 0.102. The Morgan fingerprint density at radius 3 is 2.35 bits per heavy atom. The minimum absolute atomic E-state index is 0.0973. The summed E-state index contributed by atoms with van der Waals surface area (Å²) in [5.74, 6) is -0.0973. The van der Waals surface area contributed by atoms with Crippen molar-refractivity contribution >= 4 is 17.3 Å². The van der Waals surface area contributed by atoms with E-state index in [1.54, 1.807) is 0 Å². The molecule has 0 atom stereocenters. The molecule has 20 heavy (non-hydrogen) atoms. The number of hydrogen-bond acceptors (Lipinski definition) is 2. The molecule has 0 aromatic heterocycles. The van der Waals surface area contributed by atoms with E-state index in [4.69, 9.17) is 5.73 Å². The second kappa shape index (κ2) is 5.78. The molecule has 0 saturated heterocycles. The Labute approximate surface area is 119 Å². The van der Waals surface area contributed by atoms with E-state index in [1.165, 1.54) is 5.56 Å². The number of anilines is 2. The molecule has 0 aliphatic heterocycles. The molecular weight excluding hydrogens is 248 g/mol. The fourth-order valence-corrected chi connectivity index (χ4v) is 2.06. The third-order valence-corrected chi connectivity index (χ3v) is 3.49. The van der Waals surface area contributed by atoms with Crippen LogP contribution < -0.4 is 11.1 Å². The summed E-state index contributed by atoms with van der Waals surface area (Å²) in [4.78, 5) is 12.2. The number of amides is 1. The van der Waals surface area contributed by atoms with Crippen LogP contribution in [0.15, 0.2) is 36.4 Å². The molecule has 2 rings (SSSR count). The largest absolute Gasteiger partial charge is 0.399 e. The zero-order valence-electron chi connectivity index (χ0n) is 12.2. The molecule has 0 fully saturated rings. The van der Waals surface area contributed by atoms with Crippen LogP contribution in [0.1, 0.15) is 34.0 Å². The average Bonchev–Trinajstić information content (AvgIpc) is 2.44. The van der Waals surface area contributed by atoms with Gasteiger partial charge in [0.05, 0.1) is 0 Å². The van der Waals surface area contributed by atoms with Crippen LogP contribution in [0.25, 0.3) is 0 Å². The lowest BCUT2D eigenvalue weighted by Gasteiger charge is -2.11. The Balaban J connectivity index is 2.20. The highest BCUT2D eigenvalue weighted by molar-refractivity contribution is 6.04.